The lowest BCUT2D eigenvalue weighted by atomic mass is 9.91. The number of likely N-dealkylation sites (tertiary alicyclic amines) is 1. The molecule has 4 rings (SSSR count). The Hall–Kier alpha value is -2.62. The van der Waals surface area contributed by atoms with Gasteiger partial charge in [-0.15, -0.1) is 0 Å². The lowest BCUT2D eigenvalue weighted by Gasteiger charge is -2.31. The SMILES string of the molecule is O=C(O)C1CCN(C(=O)CC2c3ccccc3-c3ccccc32)CC1. The molecule has 4 heteroatoms. The van der Waals surface area contributed by atoms with Crippen LogP contribution >= 0.6 is 0 Å². The van der Waals surface area contributed by atoms with Crippen molar-refractivity contribution in [1.29, 1.82) is 0 Å². The number of nitrogens with zero attached hydrogens (tertiary/aromatic N) is 1. The zero-order chi connectivity index (χ0) is 17.4. The van der Waals surface area contributed by atoms with Crippen LogP contribution in [0.3, 0.4) is 0 Å². The minimum Gasteiger partial charge on any atom is -0.481 e. The van der Waals surface area contributed by atoms with Crippen LogP contribution in [0, 0.1) is 5.92 Å². The van der Waals surface area contributed by atoms with E-state index >= 15 is 0 Å². The normalized spacial score (nSPS) is 17.2. The van der Waals surface area contributed by atoms with Gasteiger partial charge in [0.05, 0.1) is 5.92 Å². The lowest BCUT2D eigenvalue weighted by Crippen LogP contribution is -2.40. The van der Waals surface area contributed by atoms with Gasteiger partial charge in [-0.2, -0.15) is 0 Å². The largest absolute Gasteiger partial charge is 0.481 e. The van der Waals surface area contributed by atoms with Crippen LogP contribution in [0.15, 0.2) is 48.5 Å². The van der Waals surface area contributed by atoms with Crippen LogP contribution in [0.2, 0.25) is 0 Å². The Morgan fingerprint density at radius 1 is 0.920 bits per heavy atom. The standard InChI is InChI=1S/C21H21NO3/c23-20(22-11-9-14(10-12-22)21(24)25)13-19-17-7-3-1-5-15(17)16-6-2-4-8-18(16)19/h1-8,14,19H,9-13H2,(H,24,25). The molecule has 1 aliphatic carbocycles. The molecule has 0 saturated carbocycles. The van der Waals surface area contributed by atoms with Gasteiger partial charge >= 0.3 is 5.97 Å². The number of hydrogen-bond acceptors (Lipinski definition) is 2. The Morgan fingerprint density at radius 3 is 1.96 bits per heavy atom. The molecular formula is C21H21NO3. The summed E-state index contributed by atoms with van der Waals surface area (Å²) in [7, 11) is 0. The van der Waals surface area contributed by atoms with Crippen LogP contribution in [0.1, 0.15) is 36.3 Å². The highest BCUT2D eigenvalue weighted by atomic mass is 16.4. The van der Waals surface area contributed by atoms with Gasteiger partial charge in [0.25, 0.3) is 0 Å². The molecule has 2 aromatic carbocycles. The number of fused-ring (bicyclic) bond motifs is 3. The van der Waals surface area contributed by atoms with Gasteiger partial charge in [-0.1, -0.05) is 48.5 Å². The highest BCUT2D eigenvalue weighted by Gasteiger charge is 2.33. The van der Waals surface area contributed by atoms with Gasteiger partial charge in [-0.05, 0) is 35.1 Å². The molecule has 0 bridgehead atoms. The average molecular weight is 335 g/mol. The zero-order valence-corrected chi connectivity index (χ0v) is 14.0. The molecule has 1 amide bonds. The van der Waals surface area contributed by atoms with Crippen LogP contribution in [0.5, 0.6) is 0 Å². The van der Waals surface area contributed by atoms with Gasteiger partial charge in [-0.25, -0.2) is 0 Å². The van der Waals surface area contributed by atoms with E-state index < -0.39 is 5.97 Å². The Bertz CT molecular complexity index is 776. The topological polar surface area (TPSA) is 57.6 Å². The molecule has 0 aromatic heterocycles. The van der Waals surface area contributed by atoms with Crippen molar-refractivity contribution in [3.63, 3.8) is 0 Å². The maximum absolute atomic E-state index is 12.8. The molecule has 25 heavy (non-hydrogen) atoms. The molecule has 0 radical (unpaired) electrons. The van der Waals surface area contributed by atoms with E-state index in [2.05, 4.69) is 24.3 Å². The molecular weight excluding hydrogens is 314 g/mol. The molecule has 128 valence electrons. The Balaban J connectivity index is 1.53. The van der Waals surface area contributed by atoms with Crippen molar-refractivity contribution < 1.29 is 14.7 Å². The molecule has 0 unspecified atom stereocenters. The number of carboxylic acid groups (broad SMARTS) is 1. The number of aliphatic carboxylic acids is 1. The number of carbonyl (C=O) groups excluding carboxylic acids is 1. The van der Waals surface area contributed by atoms with Gasteiger partial charge in [0.1, 0.15) is 0 Å². The van der Waals surface area contributed by atoms with Crippen molar-refractivity contribution in [2.24, 2.45) is 5.92 Å². The molecule has 0 spiro atoms. The van der Waals surface area contributed by atoms with Crippen LogP contribution in [0.4, 0.5) is 0 Å². The highest BCUT2D eigenvalue weighted by molar-refractivity contribution is 5.84. The third kappa shape index (κ3) is 2.82. The highest BCUT2D eigenvalue weighted by Crippen LogP contribution is 2.46. The fourth-order valence-electron chi connectivity index (χ4n) is 4.16. The van der Waals surface area contributed by atoms with Crippen LogP contribution < -0.4 is 0 Å². The number of benzene rings is 2. The van der Waals surface area contributed by atoms with Crippen molar-refractivity contribution in [3.8, 4) is 11.1 Å². The summed E-state index contributed by atoms with van der Waals surface area (Å²) >= 11 is 0. The molecule has 1 aliphatic heterocycles. The van der Waals surface area contributed by atoms with Crippen LogP contribution in [0.25, 0.3) is 11.1 Å². The molecule has 1 heterocycles. The van der Waals surface area contributed by atoms with E-state index in [0.717, 1.165) is 0 Å². The number of rotatable bonds is 3. The number of piperidine rings is 1. The van der Waals surface area contributed by atoms with E-state index in [0.29, 0.717) is 32.4 Å². The van der Waals surface area contributed by atoms with Gasteiger partial charge < -0.3 is 10.0 Å². The first-order chi connectivity index (χ1) is 12.1. The minimum absolute atomic E-state index is 0.0945. The summed E-state index contributed by atoms with van der Waals surface area (Å²) < 4.78 is 0. The quantitative estimate of drug-likeness (QED) is 0.934. The fraction of sp³-hybridized carbons (Fsp3) is 0.333. The van der Waals surface area contributed by atoms with E-state index in [1.54, 1.807) is 0 Å². The summed E-state index contributed by atoms with van der Waals surface area (Å²) in [6.45, 7) is 1.09. The lowest BCUT2D eigenvalue weighted by molar-refractivity contribution is -0.145. The predicted octanol–water partition coefficient (Wildman–Crippen LogP) is 3.51. The van der Waals surface area contributed by atoms with Crippen molar-refractivity contribution in [2.75, 3.05) is 13.1 Å². The van der Waals surface area contributed by atoms with E-state index in [4.69, 9.17) is 5.11 Å². The molecule has 1 N–H and O–H groups in total. The average Bonchev–Trinajstić information content (AvgIpc) is 2.96. The summed E-state index contributed by atoms with van der Waals surface area (Å²) in [4.78, 5) is 25.7. The summed E-state index contributed by atoms with van der Waals surface area (Å²) in [5.41, 5.74) is 4.89. The van der Waals surface area contributed by atoms with Crippen molar-refractivity contribution in [1.82, 2.24) is 4.90 Å². The van der Waals surface area contributed by atoms with Gasteiger partial charge in [0.2, 0.25) is 5.91 Å². The summed E-state index contributed by atoms with van der Waals surface area (Å²) in [5.74, 6) is -0.833. The Labute approximate surface area is 147 Å². The van der Waals surface area contributed by atoms with E-state index in [-0.39, 0.29) is 17.7 Å². The van der Waals surface area contributed by atoms with Crippen LogP contribution in [-0.2, 0) is 9.59 Å². The summed E-state index contributed by atoms with van der Waals surface area (Å²) in [6, 6.07) is 16.6. The first-order valence-electron chi connectivity index (χ1n) is 8.84. The third-order valence-electron chi connectivity index (χ3n) is 5.54. The molecule has 0 atom stereocenters. The zero-order valence-electron chi connectivity index (χ0n) is 14.0. The monoisotopic (exact) mass is 335 g/mol. The molecule has 1 fully saturated rings. The number of hydrogen-bond donors (Lipinski definition) is 1. The van der Waals surface area contributed by atoms with E-state index in [9.17, 15) is 9.59 Å². The second kappa shape index (κ2) is 6.36. The van der Waals surface area contributed by atoms with Crippen molar-refractivity contribution in [3.05, 3.63) is 59.7 Å². The second-order valence-corrected chi connectivity index (χ2v) is 6.92. The summed E-state index contributed by atoms with van der Waals surface area (Å²) in [5, 5.41) is 9.11. The Kier molecular flexibility index (Phi) is 4.04. The smallest absolute Gasteiger partial charge is 0.306 e. The number of carboxylic acids is 1. The van der Waals surface area contributed by atoms with E-state index in [1.165, 1.54) is 22.3 Å². The fourth-order valence-corrected chi connectivity index (χ4v) is 4.16. The maximum atomic E-state index is 12.8. The Morgan fingerprint density at radius 2 is 1.44 bits per heavy atom. The molecule has 4 nitrogen and oxygen atoms in total. The van der Waals surface area contributed by atoms with Crippen LogP contribution in [-0.4, -0.2) is 35.0 Å². The number of amides is 1. The minimum atomic E-state index is -0.745. The second-order valence-electron chi connectivity index (χ2n) is 6.92. The number of carbonyl (C=O) groups is 2. The third-order valence-corrected chi connectivity index (χ3v) is 5.54. The van der Waals surface area contributed by atoms with Crippen molar-refractivity contribution in [2.45, 2.75) is 25.2 Å². The van der Waals surface area contributed by atoms with Gasteiger partial charge in [-0.3, -0.25) is 9.59 Å². The molecule has 2 aromatic rings. The van der Waals surface area contributed by atoms with Gasteiger partial charge in [0, 0.05) is 25.4 Å². The summed E-state index contributed by atoms with van der Waals surface area (Å²) in [6.07, 6.45) is 1.56. The maximum Gasteiger partial charge on any atom is 0.306 e. The predicted molar refractivity (Wildman–Crippen MR) is 95.3 cm³/mol. The first kappa shape index (κ1) is 15.9. The first-order valence-corrected chi connectivity index (χ1v) is 8.84. The molecule has 2 aliphatic rings. The van der Waals surface area contributed by atoms with Gasteiger partial charge in [0.15, 0.2) is 0 Å². The van der Waals surface area contributed by atoms with Crippen molar-refractivity contribution >= 4 is 11.9 Å². The molecule has 1 saturated heterocycles. The van der Waals surface area contributed by atoms with E-state index in [1.807, 2.05) is 29.2 Å².